The third-order valence-electron chi connectivity index (χ3n) is 3.96. The van der Waals surface area contributed by atoms with Gasteiger partial charge in [0.05, 0.1) is 5.56 Å². The third-order valence-corrected chi connectivity index (χ3v) is 3.96. The van der Waals surface area contributed by atoms with E-state index in [4.69, 9.17) is 5.11 Å². The molecule has 1 aromatic heterocycles. The van der Waals surface area contributed by atoms with E-state index in [0.717, 1.165) is 12.2 Å². The topological polar surface area (TPSA) is 62.2 Å². The van der Waals surface area contributed by atoms with E-state index < -0.39 is 5.97 Å². The van der Waals surface area contributed by atoms with Crippen molar-refractivity contribution < 1.29 is 9.90 Å². The number of aromatic carboxylic acids is 1. The molecule has 1 fully saturated rings. The molecule has 0 spiro atoms. The average molecular weight is 262 g/mol. The van der Waals surface area contributed by atoms with Crippen molar-refractivity contribution in [3.63, 3.8) is 0 Å². The summed E-state index contributed by atoms with van der Waals surface area (Å²) in [5, 5.41) is 12.4. The summed E-state index contributed by atoms with van der Waals surface area (Å²) < 4.78 is 0. The molecule has 2 N–H and O–H groups in total. The SMILES string of the molecule is Cc1cc(C(=O)O)cc(NCC2(C)CCCCC2)n1. The lowest BCUT2D eigenvalue weighted by Crippen LogP contribution is -2.29. The van der Waals surface area contributed by atoms with Crippen LogP contribution in [-0.4, -0.2) is 22.6 Å². The van der Waals surface area contributed by atoms with Crippen LogP contribution < -0.4 is 5.32 Å². The van der Waals surface area contributed by atoms with Gasteiger partial charge in [-0.15, -0.1) is 0 Å². The minimum atomic E-state index is -0.905. The molecule has 4 nitrogen and oxygen atoms in total. The number of hydrogen-bond acceptors (Lipinski definition) is 3. The van der Waals surface area contributed by atoms with Gasteiger partial charge in [-0.2, -0.15) is 0 Å². The molecule has 104 valence electrons. The Morgan fingerprint density at radius 3 is 2.68 bits per heavy atom. The first-order valence-electron chi connectivity index (χ1n) is 6.94. The molecule has 0 bridgehead atoms. The van der Waals surface area contributed by atoms with Gasteiger partial charge in [-0.25, -0.2) is 9.78 Å². The van der Waals surface area contributed by atoms with E-state index in [-0.39, 0.29) is 0 Å². The maximum absolute atomic E-state index is 11.0. The van der Waals surface area contributed by atoms with E-state index >= 15 is 0 Å². The van der Waals surface area contributed by atoms with Gasteiger partial charge in [0.1, 0.15) is 5.82 Å². The Hall–Kier alpha value is -1.58. The van der Waals surface area contributed by atoms with Crippen molar-refractivity contribution >= 4 is 11.8 Å². The highest BCUT2D eigenvalue weighted by atomic mass is 16.4. The molecule has 0 unspecified atom stereocenters. The average Bonchev–Trinajstić information content (AvgIpc) is 2.37. The summed E-state index contributed by atoms with van der Waals surface area (Å²) in [5.74, 6) is -0.235. The first-order chi connectivity index (χ1) is 8.98. The number of carboxylic acid groups (broad SMARTS) is 1. The van der Waals surface area contributed by atoms with Crippen LogP contribution in [0.4, 0.5) is 5.82 Å². The number of pyridine rings is 1. The molecule has 0 saturated heterocycles. The van der Waals surface area contributed by atoms with Crippen LogP contribution in [0, 0.1) is 12.3 Å². The van der Waals surface area contributed by atoms with Gasteiger partial charge in [0, 0.05) is 12.2 Å². The van der Waals surface area contributed by atoms with Crippen molar-refractivity contribution in [3.05, 3.63) is 23.4 Å². The van der Waals surface area contributed by atoms with Gasteiger partial charge in [-0.05, 0) is 37.3 Å². The molecule has 0 radical (unpaired) electrons. The summed E-state index contributed by atoms with van der Waals surface area (Å²) in [6.07, 6.45) is 6.39. The van der Waals surface area contributed by atoms with Crippen molar-refractivity contribution in [1.82, 2.24) is 4.98 Å². The molecule has 0 aromatic carbocycles. The number of carboxylic acids is 1. The van der Waals surface area contributed by atoms with Crippen molar-refractivity contribution in [1.29, 1.82) is 0 Å². The molecular formula is C15H22N2O2. The van der Waals surface area contributed by atoms with Crippen molar-refractivity contribution in [2.45, 2.75) is 46.0 Å². The highest BCUT2D eigenvalue weighted by molar-refractivity contribution is 5.88. The molecule has 0 atom stereocenters. The van der Waals surface area contributed by atoms with Gasteiger partial charge >= 0.3 is 5.97 Å². The van der Waals surface area contributed by atoms with E-state index in [2.05, 4.69) is 17.2 Å². The lowest BCUT2D eigenvalue weighted by atomic mass is 9.76. The number of carbonyl (C=O) groups is 1. The Balaban J connectivity index is 2.04. The monoisotopic (exact) mass is 262 g/mol. The predicted molar refractivity (Wildman–Crippen MR) is 75.6 cm³/mol. The highest BCUT2D eigenvalue weighted by Crippen LogP contribution is 2.35. The summed E-state index contributed by atoms with van der Waals surface area (Å²) in [6.45, 7) is 4.98. The van der Waals surface area contributed by atoms with Gasteiger partial charge in [-0.1, -0.05) is 26.2 Å². The molecule has 0 amide bonds. The maximum atomic E-state index is 11.0. The fourth-order valence-corrected chi connectivity index (χ4v) is 2.77. The Labute approximate surface area is 114 Å². The number of anilines is 1. The van der Waals surface area contributed by atoms with E-state index in [9.17, 15) is 4.79 Å². The number of aryl methyl sites for hydroxylation is 1. The lowest BCUT2D eigenvalue weighted by molar-refractivity contribution is 0.0696. The number of rotatable bonds is 4. The Bertz CT molecular complexity index is 465. The third kappa shape index (κ3) is 3.69. The van der Waals surface area contributed by atoms with E-state index in [0.29, 0.717) is 16.8 Å². The molecule has 1 saturated carbocycles. The first kappa shape index (κ1) is 13.8. The van der Waals surface area contributed by atoms with Gasteiger partial charge in [0.25, 0.3) is 0 Å². The largest absolute Gasteiger partial charge is 0.478 e. The first-order valence-corrected chi connectivity index (χ1v) is 6.94. The van der Waals surface area contributed by atoms with Crippen LogP contribution in [0.5, 0.6) is 0 Å². The molecule has 0 aliphatic heterocycles. The number of nitrogens with one attached hydrogen (secondary N) is 1. The van der Waals surface area contributed by atoms with Crippen molar-refractivity contribution in [2.24, 2.45) is 5.41 Å². The van der Waals surface area contributed by atoms with E-state index in [1.165, 1.54) is 32.1 Å². The standard InChI is InChI=1S/C15H22N2O2/c1-11-8-12(14(18)19)9-13(17-11)16-10-15(2)6-4-3-5-7-15/h8-9H,3-7,10H2,1-2H3,(H,16,17)(H,18,19). The molecular weight excluding hydrogens is 240 g/mol. The summed E-state index contributed by atoms with van der Waals surface area (Å²) in [6, 6.07) is 3.21. The van der Waals surface area contributed by atoms with Crippen LogP contribution in [0.15, 0.2) is 12.1 Å². The molecule has 1 aliphatic carbocycles. The smallest absolute Gasteiger partial charge is 0.335 e. The summed E-state index contributed by atoms with van der Waals surface area (Å²) in [5.41, 5.74) is 1.34. The highest BCUT2D eigenvalue weighted by Gasteiger charge is 2.26. The van der Waals surface area contributed by atoms with Gasteiger partial charge < -0.3 is 10.4 Å². The zero-order valence-electron chi connectivity index (χ0n) is 11.7. The van der Waals surface area contributed by atoms with Crippen LogP contribution in [0.25, 0.3) is 0 Å². The van der Waals surface area contributed by atoms with Gasteiger partial charge in [0.15, 0.2) is 0 Å². The number of aromatic nitrogens is 1. The second-order valence-corrected chi connectivity index (χ2v) is 5.91. The van der Waals surface area contributed by atoms with Crippen molar-refractivity contribution in [2.75, 3.05) is 11.9 Å². The Morgan fingerprint density at radius 2 is 2.05 bits per heavy atom. The van der Waals surface area contributed by atoms with Gasteiger partial charge in [0.2, 0.25) is 0 Å². The molecule has 2 rings (SSSR count). The normalized spacial score (nSPS) is 18.0. The van der Waals surface area contributed by atoms with E-state index in [1.807, 2.05) is 6.92 Å². The predicted octanol–water partition coefficient (Wildman–Crippen LogP) is 3.47. The van der Waals surface area contributed by atoms with Crippen LogP contribution in [0.1, 0.15) is 55.1 Å². The van der Waals surface area contributed by atoms with Gasteiger partial charge in [-0.3, -0.25) is 0 Å². The second kappa shape index (κ2) is 5.59. The maximum Gasteiger partial charge on any atom is 0.335 e. The quantitative estimate of drug-likeness (QED) is 0.872. The lowest BCUT2D eigenvalue weighted by Gasteiger charge is -2.33. The van der Waals surface area contributed by atoms with Crippen LogP contribution >= 0.6 is 0 Å². The number of nitrogens with zero attached hydrogens (tertiary/aromatic N) is 1. The van der Waals surface area contributed by atoms with Crippen LogP contribution in [-0.2, 0) is 0 Å². The fourth-order valence-electron chi connectivity index (χ4n) is 2.77. The molecule has 1 heterocycles. The summed E-state index contributed by atoms with van der Waals surface area (Å²) >= 11 is 0. The second-order valence-electron chi connectivity index (χ2n) is 5.91. The van der Waals surface area contributed by atoms with Crippen LogP contribution in [0.2, 0.25) is 0 Å². The summed E-state index contributed by atoms with van der Waals surface area (Å²) in [7, 11) is 0. The Kier molecular flexibility index (Phi) is 4.08. The molecule has 1 aliphatic rings. The minimum Gasteiger partial charge on any atom is -0.478 e. The summed E-state index contributed by atoms with van der Waals surface area (Å²) in [4.78, 5) is 15.4. The molecule has 1 aromatic rings. The van der Waals surface area contributed by atoms with Crippen LogP contribution in [0.3, 0.4) is 0 Å². The molecule has 19 heavy (non-hydrogen) atoms. The number of hydrogen-bond donors (Lipinski definition) is 2. The molecule has 4 heteroatoms. The zero-order chi connectivity index (χ0) is 13.9. The fraction of sp³-hybridized carbons (Fsp3) is 0.600. The van der Waals surface area contributed by atoms with Crippen molar-refractivity contribution in [3.8, 4) is 0 Å². The zero-order valence-corrected chi connectivity index (χ0v) is 11.7. The van der Waals surface area contributed by atoms with E-state index in [1.54, 1.807) is 12.1 Å². The Morgan fingerprint density at radius 1 is 1.37 bits per heavy atom. The minimum absolute atomic E-state index is 0.295.